The van der Waals surface area contributed by atoms with Crippen LogP contribution in [-0.4, -0.2) is 36.0 Å². The van der Waals surface area contributed by atoms with E-state index in [1.54, 1.807) is 7.11 Å². The summed E-state index contributed by atoms with van der Waals surface area (Å²) in [6.07, 6.45) is 2.09. The molecule has 29 heavy (non-hydrogen) atoms. The number of aryl methyl sites for hydroxylation is 1. The molecule has 4 rings (SSSR count). The van der Waals surface area contributed by atoms with Gasteiger partial charge in [-0.25, -0.2) is 4.98 Å². The number of fused-ring (bicyclic) bond motifs is 1. The average molecular weight is 389 g/mol. The van der Waals surface area contributed by atoms with Crippen molar-refractivity contribution in [2.24, 2.45) is 5.92 Å². The van der Waals surface area contributed by atoms with E-state index < -0.39 is 0 Å². The van der Waals surface area contributed by atoms with Gasteiger partial charge < -0.3 is 15.0 Å². The van der Waals surface area contributed by atoms with Crippen molar-refractivity contribution in [3.8, 4) is 5.75 Å². The van der Waals surface area contributed by atoms with Crippen LogP contribution in [0.4, 0.5) is 11.4 Å². The van der Waals surface area contributed by atoms with Gasteiger partial charge in [0.2, 0.25) is 0 Å². The number of piperidine rings is 1. The number of hydrogen-bond donors (Lipinski definition) is 1. The second-order valence-corrected chi connectivity index (χ2v) is 7.90. The number of likely N-dealkylation sites (tertiary alicyclic amines) is 1. The molecule has 2 heterocycles. The Bertz CT molecular complexity index is 1020. The van der Waals surface area contributed by atoms with Crippen LogP contribution in [0.25, 0.3) is 10.9 Å². The molecule has 2 aromatic carbocycles. The second kappa shape index (κ2) is 8.11. The van der Waals surface area contributed by atoms with E-state index in [2.05, 4.69) is 36.3 Å². The third-order valence-corrected chi connectivity index (χ3v) is 5.64. The highest BCUT2D eigenvalue weighted by Gasteiger charge is 2.23. The van der Waals surface area contributed by atoms with E-state index in [0.717, 1.165) is 54.0 Å². The number of nitrogens with one attached hydrogen (secondary N) is 1. The third-order valence-electron chi connectivity index (χ3n) is 5.64. The molecule has 3 aromatic rings. The number of anilines is 2. The topological polar surface area (TPSA) is 54.5 Å². The van der Waals surface area contributed by atoms with Crippen LogP contribution in [0, 0.1) is 12.8 Å². The van der Waals surface area contributed by atoms with Gasteiger partial charge >= 0.3 is 0 Å². The minimum atomic E-state index is 0.00146. The molecule has 1 N–H and O–H groups in total. The van der Waals surface area contributed by atoms with Crippen LogP contribution in [0.5, 0.6) is 5.75 Å². The van der Waals surface area contributed by atoms with Crippen molar-refractivity contribution in [2.75, 3.05) is 25.5 Å². The summed E-state index contributed by atoms with van der Waals surface area (Å²) in [4.78, 5) is 19.7. The monoisotopic (exact) mass is 389 g/mol. The van der Waals surface area contributed by atoms with Crippen molar-refractivity contribution in [1.82, 2.24) is 9.88 Å². The fourth-order valence-electron chi connectivity index (χ4n) is 3.71. The summed E-state index contributed by atoms with van der Waals surface area (Å²) in [5.74, 6) is 1.44. The van der Waals surface area contributed by atoms with Crippen molar-refractivity contribution in [3.63, 3.8) is 0 Å². The quantitative estimate of drug-likeness (QED) is 0.669. The Kier molecular flexibility index (Phi) is 5.38. The number of nitrogens with zero attached hydrogens (tertiary/aromatic N) is 2. The minimum Gasteiger partial charge on any atom is -0.497 e. The third kappa shape index (κ3) is 4.19. The average Bonchev–Trinajstić information content (AvgIpc) is 2.75. The van der Waals surface area contributed by atoms with Crippen LogP contribution in [-0.2, 0) is 0 Å². The van der Waals surface area contributed by atoms with Gasteiger partial charge in [0, 0.05) is 24.2 Å². The Balaban J connectivity index is 1.74. The molecular weight excluding hydrogens is 362 g/mol. The van der Waals surface area contributed by atoms with Gasteiger partial charge in [0.25, 0.3) is 5.91 Å². The summed E-state index contributed by atoms with van der Waals surface area (Å²) >= 11 is 0. The first kappa shape index (κ1) is 19.2. The number of carbonyl (C=O) groups is 1. The van der Waals surface area contributed by atoms with Crippen LogP contribution < -0.4 is 10.1 Å². The standard InChI is InChI=1S/C24H27N3O2/c1-16-4-6-18(7-5-16)25-22-15-23(24(28)27-12-10-17(2)11-13-27)26-21-9-8-19(29-3)14-20(21)22/h4-9,14-15,17H,10-13H2,1-3H3,(H,25,26). The van der Waals surface area contributed by atoms with Gasteiger partial charge in [-0.2, -0.15) is 0 Å². The van der Waals surface area contributed by atoms with E-state index in [4.69, 9.17) is 4.74 Å². The molecule has 5 heteroatoms. The highest BCUT2D eigenvalue weighted by atomic mass is 16.5. The highest BCUT2D eigenvalue weighted by molar-refractivity contribution is 6.01. The van der Waals surface area contributed by atoms with E-state index in [1.807, 2.05) is 41.3 Å². The normalized spacial score (nSPS) is 14.8. The molecule has 0 aliphatic carbocycles. The zero-order valence-electron chi connectivity index (χ0n) is 17.2. The predicted octanol–water partition coefficient (Wildman–Crippen LogP) is 5.17. The molecule has 0 radical (unpaired) electrons. The van der Waals surface area contributed by atoms with Crippen molar-refractivity contribution >= 4 is 28.2 Å². The fraction of sp³-hybridized carbons (Fsp3) is 0.333. The molecule has 1 aromatic heterocycles. The fourth-order valence-corrected chi connectivity index (χ4v) is 3.71. The summed E-state index contributed by atoms with van der Waals surface area (Å²) in [6.45, 7) is 5.89. The molecule has 1 saturated heterocycles. The van der Waals surface area contributed by atoms with Gasteiger partial charge in [-0.15, -0.1) is 0 Å². The lowest BCUT2D eigenvalue weighted by molar-refractivity contribution is 0.0692. The number of hydrogen-bond acceptors (Lipinski definition) is 4. The van der Waals surface area contributed by atoms with Gasteiger partial charge in [0.15, 0.2) is 0 Å². The molecule has 1 fully saturated rings. The smallest absolute Gasteiger partial charge is 0.272 e. The Labute approximate surface area is 171 Å². The van der Waals surface area contributed by atoms with Crippen LogP contribution in [0.1, 0.15) is 35.8 Å². The molecule has 0 atom stereocenters. The van der Waals surface area contributed by atoms with Crippen LogP contribution >= 0.6 is 0 Å². The number of benzene rings is 2. The van der Waals surface area contributed by atoms with Gasteiger partial charge in [-0.1, -0.05) is 24.6 Å². The molecule has 150 valence electrons. The lowest BCUT2D eigenvalue weighted by Gasteiger charge is -2.30. The van der Waals surface area contributed by atoms with Crippen LogP contribution in [0.2, 0.25) is 0 Å². The van der Waals surface area contributed by atoms with E-state index in [9.17, 15) is 4.79 Å². The molecule has 0 spiro atoms. The molecule has 1 amide bonds. The number of methoxy groups -OCH3 is 1. The summed E-state index contributed by atoms with van der Waals surface area (Å²) in [6, 6.07) is 15.8. The molecule has 5 nitrogen and oxygen atoms in total. The van der Waals surface area contributed by atoms with Crippen molar-refractivity contribution < 1.29 is 9.53 Å². The van der Waals surface area contributed by atoms with Gasteiger partial charge in [0.05, 0.1) is 18.3 Å². The zero-order valence-corrected chi connectivity index (χ0v) is 17.2. The largest absolute Gasteiger partial charge is 0.497 e. The Hall–Kier alpha value is -3.08. The maximum Gasteiger partial charge on any atom is 0.272 e. The molecule has 0 unspecified atom stereocenters. The van der Waals surface area contributed by atoms with Crippen molar-refractivity contribution in [2.45, 2.75) is 26.7 Å². The first-order valence-corrected chi connectivity index (χ1v) is 10.2. The summed E-state index contributed by atoms with van der Waals surface area (Å²) in [5, 5.41) is 4.39. The van der Waals surface area contributed by atoms with Crippen LogP contribution in [0.3, 0.4) is 0 Å². The number of amides is 1. The first-order valence-electron chi connectivity index (χ1n) is 10.2. The molecule has 1 aliphatic rings. The Morgan fingerprint density at radius 1 is 1.10 bits per heavy atom. The number of carbonyl (C=O) groups excluding carboxylic acids is 1. The molecule has 0 saturated carbocycles. The molecule has 1 aliphatic heterocycles. The summed E-state index contributed by atoms with van der Waals surface area (Å²) in [7, 11) is 1.65. The number of ether oxygens (including phenoxy) is 1. The summed E-state index contributed by atoms with van der Waals surface area (Å²) in [5.41, 5.74) is 4.28. The molecule has 0 bridgehead atoms. The Morgan fingerprint density at radius 3 is 2.52 bits per heavy atom. The van der Waals surface area contributed by atoms with Crippen molar-refractivity contribution in [1.29, 1.82) is 0 Å². The van der Waals surface area contributed by atoms with E-state index in [-0.39, 0.29) is 5.91 Å². The number of pyridine rings is 1. The first-order chi connectivity index (χ1) is 14.0. The van der Waals surface area contributed by atoms with Crippen molar-refractivity contribution in [3.05, 3.63) is 59.8 Å². The zero-order chi connectivity index (χ0) is 20.4. The summed E-state index contributed by atoms with van der Waals surface area (Å²) < 4.78 is 5.40. The van der Waals surface area contributed by atoms with Gasteiger partial charge in [0.1, 0.15) is 11.4 Å². The van der Waals surface area contributed by atoms with E-state index in [1.165, 1.54) is 5.56 Å². The second-order valence-electron chi connectivity index (χ2n) is 7.90. The predicted molar refractivity (Wildman–Crippen MR) is 117 cm³/mol. The van der Waals surface area contributed by atoms with Gasteiger partial charge in [-0.3, -0.25) is 4.79 Å². The SMILES string of the molecule is COc1ccc2nc(C(=O)N3CCC(C)CC3)cc(Nc3ccc(C)cc3)c2c1. The number of rotatable bonds is 4. The van der Waals surface area contributed by atoms with E-state index >= 15 is 0 Å². The lowest BCUT2D eigenvalue weighted by atomic mass is 9.99. The number of aromatic nitrogens is 1. The highest BCUT2D eigenvalue weighted by Crippen LogP contribution is 2.30. The lowest BCUT2D eigenvalue weighted by Crippen LogP contribution is -2.38. The van der Waals surface area contributed by atoms with Gasteiger partial charge in [-0.05, 0) is 62.1 Å². The maximum atomic E-state index is 13.1. The maximum absolute atomic E-state index is 13.1. The Morgan fingerprint density at radius 2 is 1.83 bits per heavy atom. The van der Waals surface area contributed by atoms with Crippen LogP contribution in [0.15, 0.2) is 48.5 Å². The van der Waals surface area contributed by atoms with E-state index in [0.29, 0.717) is 11.6 Å². The minimum absolute atomic E-state index is 0.00146. The molecular formula is C24H27N3O2.